The molecule has 0 amide bonds. The van der Waals surface area contributed by atoms with Crippen molar-refractivity contribution >= 4 is 0 Å². The first-order valence-corrected chi connectivity index (χ1v) is 3.79. The molecule has 11 heavy (non-hydrogen) atoms. The summed E-state index contributed by atoms with van der Waals surface area (Å²) in [6, 6.07) is 5.80. The van der Waals surface area contributed by atoms with Crippen LogP contribution in [0.4, 0.5) is 0 Å². The molecule has 1 heteroatoms. The Labute approximate surface area is 67.5 Å². The molecule has 0 fully saturated rings. The summed E-state index contributed by atoms with van der Waals surface area (Å²) in [5.41, 5.74) is 1.82. The van der Waals surface area contributed by atoms with Crippen molar-refractivity contribution in [1.82, 2.24) is 4.98 Å². The Morgan fingerprint density at radius 3 is 3.00 bits per heavy atom. The van der Waals surface area contributed by atoms with Crippen molar-refractivity contribution < 1.29 is 0 Å². The van der Waals surface area contributed by atoms with E-state index >= 15 is 0 Å². The van der Waals surface area contributed by atoms with Crippen LogP contribution < -0.4 is 0 Å². The minimum absolute atomic E-state index is 0.732. The monoisotopic (exact) mass is 145 g/mol. The van der Waals surface area contributed by atoms with Crippen LogP contribution in [0.1, 0.15) is 24.7 Å². The summed E-state index contributed by atoms with van der Waals surface area (Å²) >= 11 is 0. The van der Waals surface area contributed by atoms with Crippen LogP contribution in [0.15, 0.2) is 18.2 Å². The molecule has 0 aliphatic carbocycles. The van der Waals surface area contributed by atoms with Gasteiger partial charge in [0.05, 0.1) is 0 Å². The molecule has 0 atom stereocenters. The van der Waals surface area contributed by atoms with Crippen molar-refractivity contribution in [3.63, 3.8) is 0 Å². The van der Waals surface area contributed by atoms with Gasteiger partial charge in [-0.25, -0.2) is 4.98 Å². The number of aryl methyl sites for hydroxylation is 1. The molecule has 1 rings (SSSR count). The molecule has 0 aliphatic heterocycles. The molecule has 0 aromatic carbocycles. The number of hydrogen-bond donors (Lipinski definition) is 0. The van der Waals surface area contributed by atoms with Gasteiger partial charge in [-0.15, -0.1) is 6.42 Å². The minimum Gasteiger partial charge on any atom is -0.244 e. The SMILES string of the molecule is C#Cc1cccc(CCC)n1. The van der Waals surface area contributed by atoms with Gasteiger partial charge in [0.15, 0.2) is 0 Å². The van der Waals surface area contributed by atoms with Gasteiger partial charge in [0, 0.05) is 5.69 Å². The highest BCUT2D eigenvalue weighted by molar-refractivity contribution is 5.25. The van der Waals surface area contributed by atoms with E-state index in [4.69, 9.17) is 6.42 Å². The Bertz CT molecular complexity index is 270. The van der Waals surface area contributed by atoms with Crippen LogP contribution >= 0.6 is 0 Å². The van der Waals surface area contributed by atoms with Crippen molar-refractivity contribution in [2.45, 2.75) is 19.8 Å². The highest BCUT2D eigenvalue weighted by atomic mass is 14.7. The van der Waals surface area contributed by atoms with Crippen LogP contribution in [-0.2, 0) is 6.42 Å². The topological polar surface area (TPSA) is 12.9 Å². The van der Waals surface area contributed by atoms with E-state index in [2.05, 4.69) is 17.8 Å². The molecule has 1 nitrogen and oxygen atoms in total. The first-order valence-electron chi connectivity index (χ1n) is 3.79. The summed E-state index contributed by atoms with van der Waals surface area (Å²) in [6.07, 6.45) is 7.32. The molecule has 0 unspecified atom stereocenters. The van der Waals surface area contributed by atoms with Crippen molar-refractivity contribution in [2.75, 3.05) is 0 Å². The average molecular weight is 145 g/mol. The standard InChI is InChI=1S/C10H11N/c1-3-6-10-8-5-7-9(4-2)11-10/h2,5,7-8H,3,6H2,1H3. The highest BCUT2D eigenvalue weighted by Gasteiger charge is 1.92. The van der Waals surface area contributed by atoms with E-state index in [1.807, 2.05) is 18.2 Å². The number of nitrogens with zero attached hydrogens (tertiary/aromatic N) is 1. The van der Waals surface area contributed by atoms with Gasteiger partial charge in [0.2, 0.25) is 0 Å². The zero-order valence-corrected chi connectivity index (χ0v) is 6.67. The van der Waals surface area contributed by atoms with Gasteiger partial charge in [0.25, 0.3) is 0 Å². The van der Waals surface area contributed by atoms with Gasteiger partial charge < -0.3 is 0 Å². The van der Waals surface area contributed by atoms with E-state index < -0.39 is 0 Å². The van der Waals surface area contributed by atoms with Gasteiger partial charge in [-0.2, -0.15) is 0 Å². The second-order valence-electron chi connectivity index (χ2n) is 2.41. The van der Waals surface area contributed by atoms with E-state index in [1.54, 1.807) is 0 Å². The zero-order valence-electron chi connectivity index (χ0n) is 6.67. The lowest BCUT2D eigenvalue weighted by atomic mass is 10.2. The third kappa shape index (κ3) is 2.09. The predicted octanol–water partition coefficient (Wildman–Crippen LogP) is 2.02. The van der Waals surface area contributed by atoms with E-state index in [1.165, 1.54) is 0 Å². The molecule has 0 radical (unpaired) electrons. The fraction of sp³-hybridized carbons (Fsp3) is 0.300. The summed E-state index contributed by atoms with van der Waals surface area (Å²) < 4.78 is 0. The van der Waals surface area contributed by atoms with Crippen molar-refractivity contribution in [1.29, 1.82) is 0 Å². The number of hydrogen-bond acceptors (Lipinski definition) is 1. The van der Waals surface area contributed by atoms with Crippen LogP contribution in [0.3, 0.4) is 0 Å². The molecule has 56 valence electrons. The quantitative estimate of drug-likeness (QED) is 0.580. The maximum Gasteiger partial charge on any atom is 0.113 e. The zero-order chi connectivity index (χ0) is 8.10. The van der Waals surface area contributed by atoms with E-state index in [9.17, 15) is 0 Å². The van der Waals surface area contributed by atoms with Gasteiger partial charge in [-0.1, -0.05) is 25.3 Å². The van der Waals surface area contributed by atoms with Gasteiger partial charge in [-0.3, -0.25) is 0 Å². The summed E-state index contributed by atoms with van der Waals surface area (Å²) in [6.45, 7) is 2.13. The fourth-order valence-electron chi connectivity index (χ4n) is 0.955. The van der Waals surface area contributed by atoms with Gasteiger partial charge in [-0.05, 0) is 18.6 Å². The molecule has 1 aromatic rings. The van der Waals surface area contributed by atoms with Crippen molar-refractivity contribution in [3.05, 3.63) is 29.6 Å². The maximum absolute atomic E-state index is 5.20. The second kappa shape index (κ2) is 3.78. The Morgan fingerprint density at radius 2 is 2.36 bits per heavy atom. The predicted molar refractivity (Wildman–Crippen MR) is 46.2 cm³/mol. The van der Waals surface area contributed by atoms with Crippen LogP contribution in [0.2, 0.25) is 0 Å². The smallest absolute Gasteiger partial charge is 0.113 e. The van der Waals surface area contributed by atoms with Crippen LogP contribution in [-0.4, -0.2) is 4.98 Å². The van der Waals surface area contributed by atoms with Crippen molar-refractivity contribution in [2.24, 2.45) is 0 Å². The third-order valence-corrected chi connectivity index (χ3v) is 1.46. The molecule has 0 saturated heterocycles. The minimum atomic E-state index is 0.732. The molecule has 0 saturated carbocycles. The first kappa shape index (κ1) is 7.81. The summed E-state index contributed by atoms with van der Waals surface area (Å²) in [5, 5.41) is 0. The maximum atomic E-state index is 5.20. The van der Waals surface area contributed by atoms with Gasteiger partial charge in [0.1, 0.15) is 5.69 Å². The lowest BCUT2D eigenvalue weighted by molar-refractivity contribution is 0.880. The Hall–Kier alpha value is -1.29. The lowest BCUT2D eigenvalue weighted by Crippen LogP contribution is -1.90. The van der Waals surface area contributed by atoms with Crippen LogP contribution in [0, 0.1) is 12.3 Å². The normalized spacial score (nSPS) is 9.09. The summed E-state index contributed by atoms with van der Waals surface area (Å²) in [7, 11) is 0. The van der Waals surface area contributed by atoms with Crippen LogP contribution in [0.5, 0.6) is 0 Å². The highest BCUT2D eigenvalue weighted by Crippen LogP contribution is 2.00. The Morgan fingerprint density at radius 1 is 1.55 bits per heavy atom. The number of pyridine rings is 1. The summed E-state index contributed by atoms with van der Waals surface area (Å²) in [4.78, 5) is 4.24. The second-order valence-corrected chi connectivity index (χ2v) is 2.41. The third-order valence-electron chi connectivity index (χ3n) is 1.46. The molecule has 0 bridgehead atoms. The number of rotatable bonds is 2. The number of terminal acetylenes is 1. The molecule has 1 aromatic heterocycles. The molecule has 1 heterocycles. The molecular formula is C10H11N. The fourth-order valence-corrected chi connectivity index (χ4v) is 0.955. The van der Waals surface area contributed by atoms with E-state index in [-0.39, 0.29) is 0 Å². The first-order chi connectivity index (χ1) is 5.36. The molecule has 0 aliphatic rings. The molecule has 0 spiro atoms. The van der Waals surface area contributed by atoms with E-state index in [0.717, 1.165) is 24.2 Å². The van der Waals surface area contributed by atoms with E-state index in [0.29, 0.717) is 0 Å². The average Bonchev–Trinajstić information content (AvgIpc) is 2.06. The van der Waals surface area contributed by atoms with Crippen LogP contribution in [0.25, 0.3) is 0 Å². The number of aromatic nitrogens is 1. The Balaban J connectivity index is 2.85. The van der Waals surface area contributed by atoms with Crippen molar-refractivity contribution in [3.8, 4) is 12.3 Å². The lowest BCUT2D eigenvalue weighted by Gasteiger charge is -1.96. The summed E-state index contributed by atoms with van der Waals surface area (Å²) in [5.74, 6) is 2.51. The van der Waals surface area contributed by atoms with Gasteiger partial charge >= 0.3 is 0 Å². The largest absolute Gasteiger partial charge is 0.244 e. The molecule has 0 N–H and O–H groups in total. The molecular weight excluding hydrogens is 134 g/mol. The Kier molecular flexibility index (Phi) is 2.68.